The molecule has 2 nitrogen and oxygen atoms in total. The summed E-state index contributed by atoms with van der Waals surface area (Å²) in [4.78, 5) is 2.39. The van der Waals surface area contributed by atoms with Crippen molar-refractivity contribution in [2.24, 2.45) is 0 Å². The van der Waals surface area contributed by atoms with E-state index in [-0.39, 0.29) is 0 Å². The first kappa shape index (κ1) is 31.6. The first-order chi connectivity index (χ1) is 26.8. The van der Waals surface area contributed by atoms with Crippen molar-refractivity contribution in [2.75, 3.05) is 4.90 Å². The van der Waals surface area contributed by atoms with Crippen molar-refractivity contribution in [3.8, 4) is 44.5 Å². The molecule has 0 aliphatic carbocycles. The fourth-order valence-corrected chi connectivity index (χ4v) is 7.93. The summed E-state index contributed by atoms with van der Waals surface area (Å²) in [6.07, 6.45) is 0. The zero-order valence-electron chi connectivity index (χ0n) is 29.6. The third kappa shape index (κ3) is 5.53. The molecule has 0 N–H and O–H groups in total. The minimum atomic E-state index is 0.851. The number of para-hydroxylation sites is 3. The lowest BCUT2D eigenvalue weighted by Gasteiger charge is -2.29. The largest absolute Gasteiger partial charge is 0.454 e. The Bertz CT molecular complexity index is 2930. The predicted octanol–water partition coefficient (Wildman–Crippen LogP) is 14.9. The molecule has 10 rings (SSSR count). The molecule has 0 aliphatic rings. The molecule has 0 radical (unpaired) electrons. The molecule has 2 heteroatoms. The number of anilines is 3. The Balaban J connectivity index is 1.28. The van der Waals surface area contributed by atoms with Crippen LogP contribution in [0.25, 0.3) is 77.2 Å². The van der Waals surface area contributed by atoms with E-state index in [1.165, 1.54) is 38.6 Å². The van der Waals surface area contributed by atoms with Crippen molar-refractivity contribution >= 4 is 49.8 Å². The first-order valence-corrected chi connectivity index (χ1v) is 18.4. The second kappa shape index (κ2) is 13.4. The summed E-state index contributed by atoms with van der Waals surface area (Å²) in [6.45, 7) is 0. The quantitative estimate of drug-likeness (QED) is 0.166. The maximum absolute atomic E-state index is 6.77. The second-order valence-corrected chi connectivity index (χ2v) is 13.7. The van der Waals surface area contributed by atoms with Gasteiger partial charge in [0.1, 0.15) is 5.58 Å². The molecule has 1 heterocycles. The standard InChI is InChI=1S/C52H35NO/c1-4-17-36(18-5-1)42-32-31-41(35-47(42)38-21-8-3-9-22-38)53(50-29-16-27-45-44-26-13-15-30-51(44)54-52(45)50)49-28-14-12-25-43(49)48-34-40-24-11-10-23-39(40)33-46(48)37-19-6-2-7-20-37/h1-35H. The van der Waals surface area contributed by atoms with Crippen LogP contribution in [0.4, 0.5) is 17.1 Å². The molecule has 0 aliphatic heterocycles. The molecule has 10 aromatic rings. The fourth-order valence-electron chi connectivity index (χ4n) is 7.93. The van der Waals surface area contributed by atoms with Crippen molar-refractivity contribution < 1.29 is 4.42 Å². The van der Waals surface area contributed by atoms with Gasteiger partial charge in [0.2, 0.25) is 0 Å². The van der Waals surface area contributed by atoms with Gasteiger partial charge in [-0.2, -0.15) is 0 Å². The fraction of sp³-hybridized carbons (Fsp3) is 0. The topological polar surface area (TPSA) is 16.4 Å². The van der Waals surface area contributed by atoms with E-state index < -0.39 is 0 Å². The molecular formula is C52H35NO. The summed E-state index contributed by atoms with van der Waals surface area (Å²) < 4.78 is 6.77. The van der Waals surface area contributed by atoms with Gasteiger partial charge in [0, 0.05) is 22.0 Å². The van der Waals surface area contributed by atoms with Crippen LogP contribution in [0.3, 0.4) is 0 Å². The van der Waals surface area contributed by atoms with E-state index in [1.54, 1.807) is 0 Å². The Morgan fingerprint density at radius 2 is 0.833 bits per heavy atom. The maximum atomic E-state index is 6.77. The van der Waals surface area contributed by atoms with Crippen LogP contribution in [-0.2, 0) is 0 Å². The van der Waals surface area contributed by atoms with Crippen LogP contribution in [-0.4, -0.2) is 0 Å². The molecule has 254 valence electrons. The van der Waals surface area contributed by atoms with Crippen molar-refractivity contribution in [1.29, 1.82) is 0 Å². The average molecular weight is 690 g/mol. The van der Waals surface area contributed by atoms with Gasteiger partial charge >= 0.3 is 0 Å². The number of hydrogen-bond donors (Lipinski definition) is 0. The van der Waals surface area contributed by atoms with Gasteiger partial charge in [0.15, 0.2) is 5.58 Å². The minimum absolute atomic E-state index is 0.851. The van der Waals surface area contributed by atoms with E-state index in [0.29, 0.717) is 0 Å². The summed E-state index contributed by atoms with van der Waals surface area (Å²) in [5, 5.41) is 4.61. The highest BCUT2D eigenvalue weighted by Crippen LogP contribution is 2.48. The monoisotopic (exact) mass is 689 g/mol. The Morgan fingerprint density at radius 3 is 1.54 bits per heavy atom. The summed E-state index contributed by atoms with van der Waals surface area (Å²) in [5.74, 6) is 0. The molecule has 0 saturated carbocycles. The van der Waals surface area contributed by atoms with E-state index in [9.17, 15) is 0 Å². The average Bonchev–Trinajstić information content (AvgIpc) is 3.64. The first-order valence-electron chi connectivity index (χ1n) is 18.4. The number of nitrogens with zero attached hydrogens (tertiary/aromatic N) is 1. The van der Waals surface area contributed by atoms with Gasteiger partial charge in [0.25, 0.3) is 0 Å². The van der Waals surface area contributed by atoms with Gasteiger partial charge in [-0.05, 0) is 92.2 Å². The van der Waals surface area contributed by atoms with Gasteiger partial charge in [-0.1, -0.05) is 170 Å². The van der Waals surface area contributed by atoms with Gasteiger partial charge in [0.05, 0.1) is 11.4 Å². The highest BCUT2D eigenvalue weighted by Gasteiger charge is 2.24. The molecule has 9 aromatic carbocycles. The van der Waals surface area contributed by atoms with Crippen LogP contribution in [0.2, 0.25) is 0 Å². The number of benzene rings is 9. The normalized spacial score (nSPS) is 11.3. The second-order valence-electron chi connectivity index (χ2n) is 13.7. The number of rotatable bonds is 7. The number of hydrogen-bond acceptors (Lipinski definition) is 2. The van der Waals surface area contributed by atoms with Crippen LogP contribution in [0, 0.1) is 0 Å². The highest BCUT2D eigenvalue weighted by molar-refractivity contribution is 6.11. The molecule has 0 spiro atoms. The van der Waals surface area contributed by atoms with Crippen molar-refractivity contribution in [2.45, 2.75) is 0 Å². The van der Waals surface area contributed by atoms with E-state index >= 15 is 0 Å². The molecule has 0 amide bonds. The van der Waals surface area contributed by atoms with E-state index in [0.717, 1.165) is 55.7 Å². The zero-order valence-corrected chi connectivity index (χ0v) is 29.6. The molecule has 54 heavy (non-hydrogen) atoms. The van der Waals surface area contributed by atoms with Crippen LogP contribution in [0.15, 0.2) is 217 Å². The third-order valence-corrected chi connectivity index (χ3v) is 10.5. The Hall–Kier alpha value is -7.16. The maximum Gasteiger partial charge on any atom is 0.159 e. The third-order valence-electron chi connectivity index (χ3n) is 10.5. The number of fused-ring (bicyclic) bond motifs is 4. The van der Waals surface area contributed by atoms with Crippen molar-refractivity contribution in [1.82, 2.24) is 0 Å². The van der Waals surface area contributed by atoms with E-state index in [4.69, 9.17) is 4.42 Å². The van der Waals surface area contributed by atoms with E-state index in [1.807, 2.05) is 6.07 Å². The summed E-state index contributed by atoms with van der Waals surface area (Å²) >= 11 is 0. The lowest BCUT2D eigenvalue weighted by atomic mass is 9.90. The molecular weight excluding hydrogens is 655 g/mol. The van der Waals surface area contributed by atoms with Gasteiger partial charge < -0.3 is 9.32 Å². The van der Waals surface area contributed by atoms with Gasteiger partial charge in [-0.3, -0.25) is 0 Å². The molecule has 0 fully saturated rings. The summed E-state index contributed by atoms with van der Waals surface area (Å²) in [6, 6.07) is 75.9. The Kier molecular flexibility index (Phi) is 7.85. The molecule has 1 aromatic heterocycles. The minimum Gasteiger partial charge on any atom is -0.454 e. The van der Waals surface area contributed by atoms with Crippen LogP contribution < -0.4 is 4.90 Å². The predicted molar refractivity (Wildman–Crippen MR) is 228 cm³/mol. The van der Waals surface area contributed by atoms with Crippen LogP contribution in [0.1, 0.15) is 0 Å². The lowest BCUT2D eigenvalue weighted by Crippen LogP contribution is -2.12. The van der Waals surface area contributed by atoms with Crippen LogP contribution in [0.5, 0.6) is 0 Å². The van der Waals surface area contributed by atoms with Crippen molar-refractivity contribution in [3.63, 3.8) is 0 Å². The Labute approximate surface area is 314 Å². The van der Waals surface area contributed by atoms with E-state index in [2.05, 4.69) is 211 Å². The Morgan fingerprint density at radius 1 is 0.315 bits per heavy atom. The zero-order chi connectivity index (χ0) is 35.8. The summed E-state index contributed by atoms with van der Waals surface area (Å²) in [5.41, 5.74) is 14.1. The molecule has 0 unspecified atom stereocenters. The molecule has 0 atom stereocenters. The number of furan rings is 1. The van der Waals surface area contributed by atoms with Gasteiger partial charge in [-0.25, -0.2) is 0 Å². The highest BCUT2D eigenvalue weighted by atomic mass is 16.3. The molecule has 0 saturated heterocycles. The smallest absolute Gasteiger partial charge is 0.159 e. The van der Waals surface area contributed by atoms with Crippen LogP contribution >= 0.6 is 0 Å². The van der Waals surface area contributed by atoms with Crippen molar-refractivity contribution in [3.05, 3.63) is 212 Å². The summed E-state index contributed by atoms with van der Waals surface area (Å²) in [7, 11) is 0. The lowest BCUT2D eigenvalue weighted by molar-refractivity contribution is 0.669. The van der Waals surface area contributed by atoms with Gasteiger partial charge in [-0.15, -0.1) is 0 Å². The SMILES string of the molecule is c1ccc(-c2ccc(N(c3ccccc3-c3cc4ccccc4cc3-c3ccccc3)c3cccc4c3oc3ccccc34)cc2-c2ccccc2)cc1. The molecule has 0 bridgehead atoms.